The molecule has 1 N–H and O–H groups in total. The van der Waals surface area contributed by atoms with E-state index < -0.39 is 0 Å². The zero-order valence-electron chi connectivity index (χ0n) is 8.15. The number of anilines is 1. The number of aryl methyl sites for hydroxylation is 1. The highest BCUT2D eigenvalue weighted by atomic mass is 14.7. The Hall–Kier alpha value is -0.915. The first kappa shape index (κ1) is 9.18. The van der Waals surface area contributed by atoms with Crippen LogP contribution in [0.5, 0.6) is 0 Å². The third-order valence-corrected chi connectivity index (χ3v) is 2.28. The van der Waals surface area contributed by atoms with Crippen molar-refractivity contribution in [3.8, 4) is 0 Å². The van der Waals surface area contributed by atoms with Crippen LogP contribution >= 0.6 is 0 Å². The Morgan fingerprint density at radius 1 is 1.25 bits per heavy atom. The summed E-state index contributed by atoms with van der Waals surface area (Å²) in [6.07, 6.45) is 2.24. The number of benzene rings is 1. The lowest BCUT2D eigenvalue weighted by Crippen LogP contribution is -1.99. The van der Waals surface area contributed by atoms with Crippen molar-refractivity contribution in [3.63, 3.8) is 0 Å². The molecule has 0 fully saturated rings. The molecule has 0 radical (unpaired) electrons. The molecule has 0 aliphatic rings. The van der Waals surface area contributed by atoms with Crippen molar-refractivity contribution in [1.29, 1.82) is 0 Å². The number of nitrogens with one attached hydrogen (secondary N) is 1. The maximum atomic E-state index is 3.22. The maximum Gasteiger partial charge on any atom is 0.213 e. The van der Waals surface area contributed by atoms with Gasteiger partial charge in [0, 0.05) is 5.69 Å². The normalized spacial score (nSPS) is 9.83. The molecule has 0 aromatic heterocycles. The summed E-state index contributed by atoms with van der Waals surface area (Å²) >= 11 is 0. The molecule has 0 heterocycles. The number of hydrogen-bond donors (Lipinski definition) is 1. The minimum atomic E-state index is 1.11. The monoisotopic (exact) mass is 161 g/mol. The van der Waals surface area contributed by atoms with Crippen molar-refractivity contribution < 1.29 is 0 Å². The highest BCUT2D eigenvalue weighted by molar-refractivity contribution is 6.16. The van der Waals surface area contributed by atoms with E-state index in [4.69, 9.17) is 0 Å². The Morgan fingerprint density at radius 3 is 2.50 bits per heavy atom. The predicted molar refractivity (Wildman–Crippen MR) is 57.4 cm³/mol. The van der Waals surface area contributed by atoms with Crippen molar-refractivity contribution in [2.75, 3.05) is 5.23 Å². The second-order valence-electron chi connectivity index (χ2n) is 2.90. The topological polar surface area (TPSA) is 12.0 Å². The van der Waals surface area contributed by atoms with Gasteiger partial charge in [0.05, 0.1) is 0 Å². The van der Waals surface area contributed by atoms with Gasteiger partial charge < -0.3 is 5.23 Å². The summed E-state index contributed by atoms with van der Waals surface area (Å²) in [4.78, 5) is 0. The molecular formula is C10H16BN. The quantitative estimate of drug-likeness (QED) is 0.666. The molecule has 1 aromatic rings. The van der Waals surface area contributed by atoms with Crippen LogP contribution in [-0.4, -0.2) is 7.98 Å². The molecule has 0 unspecified atom stereocenters. The van der Waals surface area contributed by atoms with Crippen molar-refractivity contribution in [2.24, 2.45) is 0 Å². The van der Waals surface area contributed by atoms with Gasteiger partial charge >= 0.3 is 0 Å². The average molecular weight is 161 g/mol. The van der Waals surface area contributed by atoms with Crippen LogP contribution in [0.1, 0.15) is 25.0 Å². The van der Waals surface area contributed by atoms with Gasteiger partial charge in [0.15, 0.2) is 0 Å². The third kappa shape index (κ3) is 1.63. The lowest BCUT2D eigenvalue weighted by atomic mass is 10.0. The largest absolute Gasteiger partial charge is 0.434 e. The number of hydrogen-bond acceptors (Lipinski definition) is 1. The molecule has 0 aliphatic carbocycles. The Kier molecular flexibility index (Phi) is 3.21. The van der Waals surface area contributed by atoms with E-state index in [0.29, 0.717) is 0 Å². The summed E-state index contributed by atoms with van der Waals surface area (Å²) in [6, 6.07) is 6.46. The van der Waals surface area contributed by atoms with Crippen molar-refractivity contribution in [3.05, 3.63) is 29.3 Å². The summed E-state index contributed by atoms with van der Waals surface area (Å²) in [5.41, 5.74) is 4.20. The molecule has 1 aromatic carbocycles. The second kappa shape index (κ2) is 4.20. The Labute approximate surface area is 75.6 Å². The molecule has 12 heavy (non-hydrogen) atoms. The molecule has 0 amide bonds. The van der Waals surface area contributed by atoms with E-state index in [0.717, 1.165) is 12.8 Å². The summed E-state index contributed by atoms with van der Waals surface area (Å²) < 4.78 is 0. The van der Waals surface area contributed by atoms with E-state index >= 15 is 0 Å². The summed E-state index contributed by atoms with van der Waals surface area (Å²) in [7, 11) is 1.98. The van der Waals surface area contributed by atoms with Crippen LogP contribution in [0, 0.1) is 0 Å². The van der Waals surface area contributed by atoms with E-state index in [2.05, 4.69) is 37.3 Å². The van der Waals surface area contributed by atoms with Gasteiger partial charge in [-0.25, -0.2) is 0 Å². The summed E-state index contributed by atoms with van der Waals surface area (Å²) in [5.74, 6) is 0. The van der Waals surface area contributed by atoms with E-state index in [1.54, 1.807) is 0 Å². The van der Waals surface area contributed by atoms with Crippen LogP contribution in [-0.2, 0) is 12.8 Å². The van der Waals surface area contributed by atoms with Crippen LogP contribution in [0.4, 0.5) is 5.69 Å². The van der Waals surface area contributed by atoms with Gasteiger partial charge in [0.1, 0.15) is 0 Å². The SMILES string of the molecule is BNc1cccc(CC)c1CC. The molecule has 0 saturated carbocycles. The standard InChI is InChI=1S/C10H16BN/c1-3-8-6-5-7-10(12-11)9(8)4-2/h5-7,12H,3-4,11H2,1-2H3. The van der Waals surface area contributed by atoms with E-state index in [1.807, 2.05) is 7.98 Å². The summed E-state index contributed by atoms with van der Waals surface area (Å²) in [6.45, 7) is 4.41. The van der Waals surface area contributed by atoms with Crippen molar-refractivity contribution >= 4 is 13.7 Å². The molecule has 64 valence electrons. The lowest BCUT2D eigenvalue weighted by Gasteiger charge is -2.11. The average Bonchev–Trinajstić information content (AvgIpc) is 2.16. The highest BCUT2D eigenvalue weighted by Gasteiger charge is 2.02. The van der Waals surface area contributed by atoms with Gasteiger partial charge in [-0.1, -0.05) is 26.0 Å². The number of rotatable bonds is 3. The Morgan fingerprint density at radius 2 is 2.00 bits per heavy atom. The molecule has 0 atom stereocenters. The molecule has 0 saturated heterocycles. The Bertz CT molecular complexity index is 236. The molecule has 0 aliphatic heterocycles. The predicted octanol–water partition coefficient (Wildman–Crippen LogP) is 1.77. The maximum absolute atomic E-state index is 3.22. The first-order chi connectivity index (χ1) is 5.83. The fourth-order valence-electron chi connectivity index (χ4n) is 1.62. The molecule has 0 bridgehead atoms. The molecule has 1 rings (SSSR count). The van der Waals surface area contributed by atoms with Gasteiger partial charge in [-0.3, -0.25) is 0 Å². The zero-order valence-corrected chi connectivity index (χ0v) is 8.15. The van der Waals surface area contributed by atoms with Crippen LogP contribution < -0.4 is 5.23 Å². The first-order valence-electron chi connectivity index (χ1n) is 4.62. The second-order valence-corrected chi connectivity index (χ2v) is 2.90. The van der Waals surface area contributed by atoms with Crippen molar-refractivity contribution in [2.45, 2.75) is 26.7 Å². The minimum absolute atomic E-state index is 1.11. The van der Waals surface area contributed by atoms with Crippen LogP contribution in [0.3, 0.4) is 0 Å². The molecule has 0 spiro atoms. The lowest BCUT2D eigenvalue weighted by molar-refractivity contribution is 1.04. The molecule has 1 nitrogen and oxygen atoms in total. The fraction of sp³-hybridized carbons (Fsp3) is 0.400. The van der Waals surface area contributed by atoms with E-state index in [1.165, 1.54) is 16.8 Å². The highest BCUT2D eigenvalue weighted by Crippen LogP contribution is 2.20. The van der Waals surface area contributed by atoms with Crippen LogP contribution in [0.25, 0.3) is 0 Å². The fourth-order valence-corrected chi connectivity index (χ4v) is 1.62. The van der Waals surface area contributed by atoms with Crippen LogP contribution in [0.2, 0.25) is 0 Å². The molecular weight excluding hydrogens is 145 g/mol. The third-order valence-electron chi connectivity index (χ3n) is 2.28. The van der Waals surface area contributed by atoms with Gasteiger partial charge in [0.25, 0.3) is 0 Å². The van der Waals surface area contributed by atoms with Gasteiger partial charge in [-0.05, 0) is 30.0 Å². The van der Waals surface area contributed by atoms with Gasteiger partial charge in [-0.15, -0.1) is 0 Å². The van der Waals surface area contributed by atoms with E-state index in [-0.39, 0.29) is 0 Å². The van der Waals surface area contributed by atoms with Crippen molar-refractivity contribution in [1.82, 2.24) is 0 Å². The van der Waals surface area contributed by atoms with Crippen LogP contribution in [0.15, 0.2) is 18.2 Å². The van der Waals surface area contributed by atoms with Gasteiger partial charge in [-0.2, -0.15) is 0 Å². The Balaban J connectivity index is 3.13. The first-order valence-corrected chi connectivity index (χ1v) is 4.62. The zero-order chi connectivity index (χ0) is 8.97. The summed E-state index contributed by atoms with van der Waals surface area (Å²) in [5, 5.41) is 3.22. The van der Waals surface area contributed by atoms with Gasteiger partial charge in [0.2, 0.25) is 7.98 Å². The molecule has 2 heteroatoms. The van der Waals surface area contributed by atoms with E-state index in [9.17, 15) is 0 Å². The smallest absolute Gasteiger partial charge is 0.213 e. The minimum Gasteiger partial charge on any atom is -0.434 e.